The Morgan fingerprint density at radius 1 is 1.16 bits per heavy atom. The van der Waals surface area contributed by atoms with E-state index in [-0.39, 0.29) is 4.90 Å². The molecule has 0 saturated carbocycles. The van der Waals surface area contributed by atoms with Gasteiger partial charge in [0.2, 0.25) is 0 Å². The van der Waals surface area contributed by atoms with E-state index in [1.165, 1.54) is 0 Å². The van der Waals surface area contributed by atoms with Crippen molar-refractivity contribution in [1.82, 2.24) is 20.2 Å². The molecule has 10 heteroatoms. The molecule has 1 saturated heterocycles. The number of rotatable bonds is 6. The largest absolute Gasteiger partial charge is 0.401 e. The van der Waals surface area contributed by atoms with Gasteiger partial charge in [-0.2, -0.15) is 0 Å². The molecule has 1 aromatic carbocycles. The Kier molecular flexibility index (Phi) is 6.25. The Morgan fingerprint density at radius 2 is 1.84 bits per heavy atom. The van der Waals surface area contributed by atoms with Crippen molar-refractivity contribution < 1.29 is 12.8 Å². The summed E-state index contributed by atoms with van der Waals surface area (Å²) in [4.78, 5) is 11.5. The molecular weight excluding hydrogens is 428 g/mol. The van der Waals surface area contributed by atoms with Crippen LogP contribution in [0.4, 0.5) is 6.01 Å². The van der Waals surface area contributed by atoms with Gasteiger partial charge in [-0.05, 0) is 58.2 Å². The van der Waals surface area contributed by atoms with E-state index in [2.05, 4.69) is 25.1 Å². The molecule has 0 bridgehead atoms. The molecule has 32 heavy (non-hydrogen) atoms. The molecule has 3 heterocycles. The lowest BCUT2D eigenvalue weighted by Crippen LogP contribution is -2.36. The average molecular weight is 457 g/mol. The Morgan fingerprint density at radius 3 is 2.47 bits per heavy atom. The lowest BCUT2D eigenvalue weighted by molar-refractivity contribution is 0.396. The lowest BCUT2D eigenvalue weighted by atomic mass is 9.97. The van der Waals surface area contributed by atoms with Gasteiger partial charge in [0.25, 0.3) is 5.89 Å². The molecule has 0 amide bonds. The van der Waals surface area contributed by atoms with Gasteiger partial charge in [-0.15, -0.1) is 5.10 Å². The highest BCUT2D eigenvalue weighted by Crippen LogP contribution is 2.28. The van der Waals surface area contributed by atoms with Crippen molar-refractivity contribution in [1.29, 1.82) is 0 Å². The Balaban J connectivity index is 1.58. The fourth-order valence-corrected chi connectivity index (χ4v) is 4.74. The van der Waals surface area contributed by atoms with Crippen LogP contribution in [0.2, 0.25) is 0 Å². The number of benzene rings is 1. The summed E-state index contributed by atoms with van der Waals surface area (Å²) in [6, 6.07) is 7.15. The van der Waals surface area contributed by atoms with Crippen molar-refractivity contribution in [2.75, 3.05) is 24.5 Å². The van der Waals surface area contributed by atoms with Crippen LogP contribution in [0.1, 0.15) is 32.4 Å². The number of hydrogen-bond acceptors (Lipinski definition) is 9. The summed E-state index contributed by atoms with van der Waals surface area (Å²) in [7, 11) is -3.33. The fourth-order valence-electron chi connectivity index (χ4n) is 3.68. The van der Waals surface area contributed by atoms with Crippen LogP contribution in [0.15, 0.2) is 39.8 Å². The minimum atomic E-state index is -3.33. The summed E-state index contributed by atoms with van der Waals surface area (Å²) in [5.74, 6) is 0.854. The van der Waals surface area contributed by atoms with Crippen LogP contribution in [0.5, 0.6) is 0 Å². The predicted molar refractivity (Wildman–Crippen MR) is 122 cm³/mol. The van der Waals surface area contributed by atoms with Gasteiger partial charge < -0.3 is 15.1 Å². The Labute approximate surface area is 188 Å². The van der Waals surface area contributed by atoms with E-state index >= 15 is 0 Å². The third kappa shape index (κ3) is 4.37. The van der Waals surface area contributed by atoms with E-state index in [1.54, 1.807) is 44.3 Å². The molecule has 2 aromatic heterocycles. The smallest absolute Gasteiger partial charge is 0.318 e. The number of nitrogens with zero attached hydrogens (tertiary/aromatic N) is 5. The Hall–Kier alpha value is -2.85. The first kappa shape index (κ1) is 22.3. The zero-order chi connectivity index (χ0) is 22.9. The summed E-state index contributed by atoms with van der Waals surface area (Å²) in [5.41, 5.74) is 8.31. The number of anilines is 1. The molecule has 9 nitrogen and oxygen atoms in total. The molecule has 170 valence electrons. The van der Waals surface area contributed by atoms with E-state index in [1.807, 2.05) is 6.92 Å². The van der Waals surface area contributed by atoms with Gasteiger partial charge >= 0.3 is 6.01 Å². The SMILES string of the molecule is Cc1ncc(-c2ccc(S(=O)(=O)C(C)C)cc2)nc1-c1nnc(N2CCC(CN)CC2)o1. The lowest BCUT2D eigenvalue weighted by Gasteiger charge is -2.29. The number of aryl methyl sites for hydroxylation is 1. The number of hydrogen-bond donors (Lipinski definition) is 1. The highest BCUT2D eigenvalue weighted by atomic mass is 32.2. The third-order valence-electron chi connectivity index (χ3n) is 5.89. The van der Waals surface area contributed by atoms with Crippen molar-refractivity contribution in [2.24, 2.45) is 11.7 Å². The van der Waals surface area contributed by atoms with Crippen LogP contribution in [0.25, 0.3) is 22.8 Å². The summed E-state index contributed by atoms with van der Waals surface area (Å²) >= 11 is 0. The van der Waals surface area contributed by atoms with Crippen molar-refractivity contribution in [2.45, 2.75) is 43.8 Å². The molecule has 0 unspecified atom stereocenters. The number of piperidine rings is 1. The van der Waals surface area contributed by atoms with Gasteiger partial charge in [0.15, 0.2) is 9.84 Å². The number of nitrogens with two attached hydrogens (primary N) is 1. The maximum Gasteiger partial charge on any atom is 0.318 e. The topological polar surface area (TPSA) is 128 Å². The molecule has 1 aliphatic rings. The summed E-state index contributed by atoms with van der Waals surface area (Å²) < 4.78 is 30.7. The molecule has 0 atom stereocenters. The third-order valence-corrected chi connectivity index (χ3v) is 8.06. The van der Waals surface area contributed by atoms with Crippen LogP contribution in [0.3, 0.4) is 0 Å². The monoisotopic (exact) mass is 456 g/mol. The zero-order valence-electron chi connectivity index (χ0n) is 18.5. The maximum atomic E-state index is 12.4. The van der Waals surface area contributed by atoms with Gasteiger partial charge in [-0.1, -0.05) is 17.2 Å². The van der Waals surface area contributed by atoms with Crippen molar-refractivity contribution in [3.63, 3.8) is 0 Å². The van der Waals surface area contributed by atoms with Crippen LogP contribution in [-0.2, 0) is 9.84 Å². The highest BCUT2D eigenvalue weighted by Gasteiger charge is 2.24. The van der Waals surface area contributed by atoms with Crippen LogP contribution >= 0.6 is 0 Å². The van der Waals surface area contributed by atoms with Gasteiger partial charge in [-0.25, -0.2) is 13.4 Å². The molecule has 0 radical (unpaired) electrons. The summed E-state index contributed by atoms with van der Waals surface area (Å²) in [6.07, 6.45) is 3.66. The second-order valence-electron chi connectivity index (χ2n) is 8.36. The molecule has 1 fully saturated rings. The molecule has 2 N–H and O–H groups in total. The molecule has 0 spiro atoms. The van der Waals surface area contributed by atoms with E-state index in [9.17, 15) is 8.42 Å². The van der Waals surface area contributed by atoms with Crippen molar-refractivity contribution in [3.8, 4) is 22.8 Å². The molecule has 4 rings (SSSR count). The molecular formula is C22H28N6O3S. The second-order valence-corrected chi connectivity index (χ2v) is 10.9. The highest BCUT2D eigenvalue weighted by molar-refractivity contribution is 7.92. The van der Waals surface area contributed by atoms with Gasteiger partial charge in [0, 0.05) is 18.7 Å². The molecule has 0 aliphatic carbocycles. The summed E-state index contributed by atoms with van der Waals surface area (Å²) in [6.45, 7) is 7.54. The van der Waals surface area contributed by atoms with Gasteiger partial charge in [-0.3, -0.25) is 4.98 Å². The summed E-state index contributed by atoms with van der Waals surface area (Å²) in [5, 5.41) is 7.93. The van der Waals surface area contributed by atoms with Gasteiger partial charge in [0.05, 0.1) is 27.7 Å². The van der Waals surface area contributed by atoms with Crippen molar-refractivity contribution in [3.05, 3.63) is 36.2 Å². The molecule has 3 aromatic rings. The quantitative estimate of drug-likeness (QED) is 0.595. The zero-order valence-corrected chi connectivity index (χ0v) is 19.3. The molecule has 1 aliphatic heterocycles. The second kappa shape index (κ2) is 8.95. The van der Waals surface area contributed by atoms with E-state index in [4.69, 9.17) is 10.2 Å². The Bertz CT molecular complexity index is 1180. The standard InChI is InChI=1S/C22H28N6O3S/c1-14(2)32(29,30)18-6-4-17(5-7-18)19-13-24-15(3)20(25-19)21-26-27-22(31-21)28-10-8-16(12-23)9-11-28/h4-7,13-14,16H,8-12,23H2,1-3H3. The van der Waals surface area contributed by atoms with Crippen molar-refractivity contribution >= 4 is 15.9 Å². The van der Waals surface area contributed by atoms with Crippen LogP contribution < -0.4 is 10.6 Å². The first-order chi connectivity index (χ1) is 15.3. The van der Waals surface area contributed by atoms with Crippen LogP contribution in [-0.4, -0.2) is 53.5 Å². The normalized spacial score (nSPS) is 15.5. The predicted octanol–water partition coefficient (Wildman–Crippen LogP) is 2.86. The van der Waals surface area contributed by atoms with Gasteiger partial charge in [0.1, 0.15) is 5.69 Å². The number of sulfone groups is 1. The fraction of sp³-hybridized carbons (Fsp3) is 0.455. The van der Waals surface area contributed by atoms with Crippen LogP contribution in [0, 0.1) is 12.8 Å². The van der Waals surface area contributed by atoms with E-state index in [0.717, 1.165) is 31.5 Å². The van der Waals surface area contributed by atoms with E-state index < -0.39 is 15.1 Å². The first-order valence-corrected chi connectivity index (χ1v) is 12.3. The average Bonchev–Trinajstić information content (AvgIpc) is 3.29. The first-order valence-electron chi connectivity index (χ1n) is 10.8. The van der Waals surface area contributed by atoms with E-state index in [0.29, 0.717) is 41.4 Å². The maximum absolute atomic E-state index is 12.4. The number of aromatic nitrogens is 4. The minimum Gasteiger partial charge on any atom is -0.401 e. The minimum absolute atomic E-state index is 0.288.